The number of rotatable bonds is 15. The summed E-state index contributed by atoms with van der Waals surface area (Å²) in [6, 6.07) is 20.8. The maximum atomic E-state index is 14.5. The SMILES string of the molecule is CCN(CCN1CCCC1)c1cc(NCCN2CCCC2)c(S(=O)(=O)N(C)c2ccccc2)cc1S(=O)(=O)N(C)c1ccccc1. The number of hydrogen-bond donors (Lipinski definition) is 1. The van der Waals surface area contributed by atoms with E-state index < -0.39 is 20.0 Å². The lowest BCUT2D eigenvalue weighted by Gasteiger charge is -2.31. The van der Waals surface area contributed by atoms with Gasteiger partial charge in [0.1, 0.15) is 9.79 Å². The van der Waals surface area contributed by atoms with Gasteiger partial charge in [-0.25, -0.2) is 16.8 Å². The molecule has 0 amide bonds. The van der Waals surface area contributed by atoms with Crippen molar-refractivity contribution in [1.29, 1.82) is 0 Å². The summed E-state index contributed by atoms with van der Waals surface area (Å²) in [5.74, 6) is 0. The average Bonchev–Trinajstić information content (AvgIpc) is 3.80. The second kappa shape index (κ2) is 15.1. The minimum atomic E-state index is -4.18. The molecule has 250 valence electrons. The Hall–Kier alpha value is -3.32. The predicted octanol–water partition coefficient (Wildman–Crippen LogP) is 4.77. The third-order valence-corrected chi connectivity index (χ3v) is 12.8. The van der Waals surface area contributed by atoms with Crippen LogP contribution in [-0.4, -0.2) is 99.6 Å². The summed E-state index contributed by atoms with van der Waals surface area (Å²) in [5.41, 5.74) is 1.88. The fourth-order valence-corrected chi connectivity index (χ4v) is 9.13. The molecular weight excluding hydrogens is 621 g/mol. The van der Waals surface area contributed by atoms with Crippen molar-refractivity contribution in [2.24, 2.45) is 0 Å². The Bertz CT molecular complexity index is 1640. The monoisotopic (exact) mass is 668 g/mol. The first-order chi connectivity index (χ1) is 22.1. The van der Waals surface area contributed by atoms with Gasteiger partial charge in [0.2, 0.25) is 0 Å². The van der Waals surface area contributed by atoms with Gasteiger partial charge in [0.15, 0.2) is 0 Å². The van der Waals surface area contributed by atoms with Crippen LogP contribution in [0.4, 0.5) is 22.7 Å². The van der Waals surface area contributed by atoms with Gasteiger partial charge in [0.05, 0.1) is 22.7 Å². The van der Waals surface area contributed by atoms with Crippen LogP contribution >= 0.6 is 0 Å². The van der Waals surface area contributed by atoms with Crippen LogP contribution in [0.2, 0.25) is 0 Å². The number of nitrogens with zero attached hydrogens (tertiary/aromatic N) is 5. The number of likely N-dealkylation sites (N-methyl/N-ethyl adjacent to an activating group) is 1. The molecular formula is C34H48N6O4S2. The van der Waals surface area contributed by atoms with Gasteiger partial charge in [-0.05, 0) is 95.2 Å². The minimum absolute atomic E-state index is 0.0349. The number of sulfonamides is 2. The Kier molecular flexibility index (Phi) is 11.1. The standard InChI is InChI=1S/C34H48N6O4S2/c1-4-40(26-25-39-22-13-14-23-39)32-27-31(35-19-24-38-20-11-12-21-38)33(45(41,42)36(2)29-15-7-5-8-16-29)28-34(32)46(43,44)37(3)30-17-9-6-10-18-30/h5-10,15-18,27-28,35H,4,11-14,19-26H2,1-3H3. The van der Waals surface area contributed by atoms with E-state index in [4.69, 9.17) is 0 Å². The molecule has 2 aliphatic heterocycles. The maximum absolute atomic E-state index is 14.5. The van der Waals surface area contributed by atoms with E-state index in [2.05, 4.69) is 20.0 Å². The van der Waals surface area contributed by atoms with E-state index >= 15 is 0 Å². The minimum Gasteiger partial charge on any atom is -0.383 e. The van der Waals surface area contributed by atoms with Crippen molar-refractivity contribution in [3.8, 4) is 0 Å². The Morgan fingerprint density at radius 3 is 1.65 bits per heavy atom. The Balaban J connectivity index is 1.63. The zero-order valence-electron chi connectivity index (χ0n) is 27.3. The number of para-hydroxylation sites is 2. The molecule has 0 radical (unpaired) electrons. The predicted molar refractivity (Wildman–Crippen MR) is 188 cm³/mol. The number of hydrogen-bond acceptors (Lipinski definition) is 8. The summed E-state index contributed by atoms with van der Waals surface area (Å²) < 4.78 is 60.2. The van der Waals surface area contributed by atoms with E-state index in [9.17, 15) is 16.8 Å². The molecule has 3 aromatic rings. The van der Waals surface area contributed by atoms with Gasteiger partial charge in [0, 0.05) is 46.8 Å². The van der Waals surface area contributed by atoms with E-state index in [1.165, 1.54) is 41.6 Å². The quantitative estimate of drug-likeness (QED) is 0.248. The molecule has 0 atom stereocenters. The highest BCUT2D eigenvalue weighted by atomic mass is 32.2. The molecule has 0 spiro atoms. The number of benzene rings is 3. The summed E-state index contributed by atoms with van der Waals surface area (Å²) in [6.07, 6.45) is 4.66. The summed E-state index contributed by atoms with van der Waals surface area (Å²) in [6.45, 7) is 9.42. The molecule has 2 aliphatic rings. The van der Waals surface area contributed by atoms with Crippen LogP contribution < -0.4 is 18.8 Å². The fourth-order valence-electron chi connectivity index (χ4n) is 6.28. The summed E-state index contributed by atoms with van der Waals surface area (Å²) in [4.78, 5) is 6.72. The van der Waals surface area contributed by atoms with E-state index in [1.54, 1.807) is 54.6 Å². The lowest BCUT2D eigenvalue weighted by molar-refractivity contribution is 0.345. The summed E-state index contributed by atoms with van der Waals surface area (Å²) >= 11 is 0. The Labute approximate surface area is 275 Å². The summed E-state index contributed by atoms with van der Waals surface area (Å²) in [7, 11) is -5.33. The van der Waals surface area contributed by atoms with E-state index in [-0.39, 0.29) is 9.79 Å². The molecule has 2 heterocycles. The average molecular weight is 669 g/mol. The van der Waals surface area contributed by atoms with Gasteiger partial charge in [-0.15, -0.1) is 0 Å². The maximum Gasteiger partial charge on any atom is 0.266 e. The normalized spacial score (nSPS) is 16.1. The number of likely N-dealkylation sites (tertiary alicyclic amines) is 2. The van der Waals surface area contributed by atoms with E-state index in [0.29, 0.717) is 42.4 Å². The number of nitrogens with one attached hydrogen (secondary N) is 1. The van der Waals surface area contributed by atoms with E-state index in [1.807, 2.05) is 19.1 Å². The fraction of sp³-hybridized carbons (Fsp3) is 0.471. The van der Waals surface area contributed by atoms with Crippen LogP contribution in [0.15, 0.2) is 82.6 Å². The molecule has 5 rings (SSSR count). The molecule has 2 fully saturated rings. The van der Waals surface area contributed by atoms with Crippen LogP contribution in [0, 0.1) is 0 Å². The Morgan fingerprint density at radius 2 is 1.15 bits per heavy atom. The van der Waals surface area contributed by atoms with Gasteiger partial charge < -0.3 is 20.0 Å². The van der Waals surface area contributed by atoms with Crippen LogP contribution in [0.1, 0.15) is 32.6 Å². The zero-order valence-corrected chi connectivity index (χ0v) is 28.9. The smallest absolute Gasteiger partial charge is 0.266 e. The highest BCUT2D eigenvalue weighted by molar-refractivity contribution is 7.93. The Morgan fingerprint density at radius 1 is 0.674 bits per heavy atom. The summed E-state index contributed by atoms with van der Waals surface area (Å²) in [5, 5.41) is 3.42. The third kappa shape index (κ3) is 7.62. The molecule has 12 heteroatoms. The second-order valence-electron chi connectivity index (χ2n) is 12.0. The first kappa shape index (κ1) is 34.0. The van der Waals surface area contributed by atoms with Gasteiger partial charge in [-0.1, -0.05) is 36.4 Å². The highest BCUT2D eigenvalue weighted by Gasteiger charge is 2.33. The lowest BCUT2D eigenvalue weighted by atomic mass is 10.2. The van der Waals surface area contributed by atoms with Crippen LogP contribution in [-0.2, 0) is 20.0 Å². The number of anilines is 4. The van der Waals surface area contributed by atoms with Gasteiger partial charge in [0.25, 0.3) is 20.0 Å². The molecule has 0 aliphatic carbocycles. The van der Waals surface area contributed by atoms with Crippen molar-refractivity contribution in [2.75, 3.05) is 91.8 Å². The topological polar surface area (TPSA) is 96.5 Å². The van der Waals surface area contributed by atoms with Crippen molar-refractivity contribution in [3.63, 3.8) is 0 Å². The van der Waals surface area contributed by atoms with E-state index in [0.717, 1.165) is 52.1 Å². The highest BCUT2D eigenvalue weighted by Crippen LogP contribution is 2.38. The molecule has 0 saturated carbocycles. The third-order valence-electron chi connectivity index (χ3n) is 9.13. The van der Waals surface area contributed by atoms with Gasteiger partial charge in [-0.2, -0.15) is 0 Å². The van der Waals surface area contributed by atoms with Crippen molar-refractivity contribution in [2.45, 2.75) is 42.4 Å². The second-order valence-corrected chi connectivity index (χ2v) is 15.9. The van der Waals surface area contributed by atoms with Crippen molar-refractivity contribution >= 4 is 42.8 Å². The molecule has 0 aromatic heterocycles. The van der Waals surface area contributed by atoms with Crippen LogP contribution in [0.25, 0.3) is 0 Å². The first-order valence-electron chi connectivity index (χ1n) is 16.3. The molecule has 0 unspecified atom stereocenters. The van der Waals surface area contributed by atoms with Gasteiger partial charge >= 0.3 is 0 Å². The van der Waals surface area contributed by atoms with Crippen molar-refractivity contribution in [1.82, 2.24) is 9.80 Å². The van der Waals surface area contributed by atoms with Crippen LogP contribution in [0.5, 0.6) is 0 Å². The van der Waals surface area contributed by atoms with Crippen molar-refractivity contribution < 1.29 is 16.8 Å². The molecule has 3 aromatic carbocycles. The largest absolute Gasteiger partial charge is 0.383 e. The van der Waals surface area contributed by atoms with Gasteiger partial charge in [-0.3, -0.25) is 8.61 Å². The molecule has 2 saturated heterocycles. The lowest BCUT2D eigenvalue weighted by Crippen LogP contribution is -2.36. The first-order valence-corrected chi connectivity index (χ1v) is 19.2. The molecule has 0 bridgehead atoms. The van der Waals surface area contributed by atoms with Crippen molar-refractivity contribution in [3.05, 3.63) is 72.8 Å². The molecule has 46 heavy (non-hydrogen) atoms. The molecule has 10 nitrogen and oxygen atoms in total. The molecule has 1 N–H and O–H groups in total. The van der Waals surface area contributed by atoms with Crippen LogP contribution in [0.3, 0.4) is 0 Å². The zero-order chi connectivity index (χ0) is 32.7.